The molecule has 6 rings (SSSR count). The van der Waals surface area contributed by atoms with Gasteiger partial charge in [0.05, 0.1) is 32.0 Å². The Bertz CT molecular complexity index is 1730. The summed E-state index contributed by atoms with van der Waals surface area (Å²) in [5.41, 5.74) is 7.20. The number of thiophene rings is 2. The maximum absolute atomic E-state index is 13.7. The molecule has 6 aromatic heterocycles. The summed E-state index contributed by atoms with van der Waals surface area (Å²) in [5, 5.41) is 0. The third-order valence-corrected chi connectivity index (χ3v) is 11.6. The Morgan fingerprint density at radius 3 is 1.36 bits per heavy atom. The fraction of sp³-hybridized carbons (Fsp3) is 0.0667. The Balaban J connectivity index is 1.28. The minimum absolute atomic E-state index is 0.442. The molecule has 1 N–H and O–H groups in total. The summed E-state index contributed by atoms with van der Waals surface area (Å²) in [7, 11) is -3.77. The van der Waals surface area contributed by atoms with Gasteiger partial charge in [0.2, 0.25) is 0 Å². The summed E-state index contributed by atoms with van der Waals surface area (Å²) in [6.07, 6.45) is 7.03. The Kier molecular flexibility index (Phi) is 6.79. The number of aryl methyl sites for hydroxylation is 2. The fourth-order valence-corrected chi connectivity index (χ4v) is 8.80. The first-order valence-electron chi connectivity index (χ1n) is 12.2. The van der Waals surface area contributed by atoms with E-state index in [1.165, 1.54) is 22.7 Å². The molecular formula is C30H23N4O2PS2. The summed E-state index contributed by atoms with van der Waals surface area (Å²) >= 11 is 2.66. The van der Waals surface area contributed by atoms with Gasteiger partial charge in [-0.25, -0.2) is 0 Å². The number of hydrogen-bond donors (Lipinski definition) is 1. The number of hydrogen-bond acceptors (Lipinski definition) is 7. The van der Waals surface area contributed by atoms with E-state index >= 15 is 0 Å². The van der Waals surface area contributed by atoms with Crippen molar-refractivity contribution in [3.63, 3.8) is 0 Å². The van der Waals surface area contributed by atoms with Crippen molar-refractivity contribution in [2.24, 2.45) is 0 Å². The molecule has 6 aromatic rings. The second-order valence-electron chi connectivity index (χ2n) is 9.15. The zero-order chi connectivity index (χ0) is 27.0. The molecule has 0 aliphatic carbocycles. The van der Waals surface area contributed by atoms with E-state index in [1.807, 2.05) is 74.5 Å². The van der Waals surface area contributed by atoms with Crippen LogP contribution in [0, 0.1) is 13.8 Å². The second kappa shape index (κ2) is 10.4. The molecule has 39 heavy (non-hydrogen) atoms. The van der Waals surface area contributed by atoms with E-state index < -0.39 is 7.37 Å². The summed E-state index contributed by atoms with van der Waals surface area (Å²) in [5.74, 6) is 0. The van der Waals surface area contributed by atoms with Crippen LogP contribution in [0.2, 0.25) is 0 Å². The summed E-state index contributed by atoms with van der Waals surface area (Å²) in [4.78, 5) is 30.8. The van der Waals surface area contributed by atoms with E-state index in [9.17, 15) is 9.46 Å². The first-order chi connectivity index (χ1) is 18.9. The first-order valence-corrected chi connectivity index (χ1v) is 15.5. The van der Waals surface area contributed by atoms with Gasteiger partial charge in [0.15, 0.2) is 0 Å². The molecule has 6 heterocycles. The molecule has 0 aliphatic heterocycles. The van der Waals surface area contributed by atoms with Crippen LogP contribution < -0.4 is 9.24 Å². The van der Waals surface area contributed by atoms with E-state index in [2.05, 4.69) is 19.9 Å². The van der Waals surface area contributed by atoms with Gasteiger partial charge < -0.3 is 4.89 Å². The minimum atomic E-state index is -3.77. The highest BCUT2D eigenvalue weighted by Crippen LogP contribution is 2.45. The van der Waals surface area contributed by atoms with Gasteiger partial charge >= 0.3 is 0 Å². The van der Waals surface area contributed by atoms with Crippen LogP contribution in [0.15, 0.2) is 97.6 Å². The van der Waals surface area contributed by atoms with Gasteiger partial charge in [-0.05, 0) is 109 Å². The molecule has 0 saturated carbocycles. The van der Waals surface area contributed by atoms with E-state index in [1.54, 1.807) is 36.9 Å². The van der Waals surface area contributed by atoms with Crippen molar-refractivity contribution < 1.29 is 9.46 Å². The molecule has 0 aromatic carbocycles. The van der Waals surface area contributed by atoms with E-state index in [0.717, 1.165) is 54.8 Å². The van der Waals surface area contributed by atoms with Crippen molar-refractivity contribution in [1.82, 2.24) is 19.9 Å². The van der Waals surface area contributed by atoms with E-state index in [-0.39, 0.29) is 0 Å². The molecular weight excluding hydrogens is 543 g/mol. The average molecular weight is 567 g/mol. The van der Waals surface area contributed by atoms with Gasteiger partial charge in [0, 0.05) is 34.5 Å². The molecule has 0 amide bonds. The van der Waals surface area contributed by atoms with E-state index in [0.29, 0.717) is 9.24 Å². The van der Waals surface area contributed by atoms with Crippen LogP contribution in [0.3, 0.4) is 0 Å². The molecule has 6 nitrogen and oxygen atoms in total. The Morgan fingerprint density at radius 1 is 0.564 bits per heavy atom. The van der Waals surface area contributed by atoms with Crippen molar-refractivity contribution in [1.29, 1.82) is 0 Å². The predicted molar refractivity (Wildman–Crippen MR) is 160 cm³/mol. The molecule has 0 bridgehead atoms. The van der Waals surface area contributed by atoms with Crippen LogP contribution in [0.4, 0.5) is 0 Å². The molecule has 0 unspecified atom stereocenters. The third kappa shape index (κ3) is 5.24. The van der Waals surface area contributed by atoms with Crippen molar-refractivity contribution in [3.8, 4) is 43.7 Å². The largest absolute Gasteiger partial charge is 0.337 e. The van der Waals surface area contributed by atoms with E-state index in [4.69, 9.17) is 0 Å². The van der Waals surface area contributed by atoms with Crippen LogP contribution in [0.1, 0.15) is 11.1 Å². The minimum Gasteiger partial charge on any atom is -0.337 e. The van der Waals surface area contributed by atoms with Gasteiger partial charge in [-0.2, -0.15) is 0 Å². The number of pyridine rings is 4. The lowest BCUT2D eigenvalue weighted by Crippen LogP contribution is -2.08. The summed E-state index contributed by atoms with van der Waals surface area (Å²) in [6.45, 7) is 4.04. The Hall–Kier alpha value is -3.81. The quantitative estimate of drug-likeness (QED) is 0.221. The van der Waals surface area contributed by atoms with Gasteiger partial charge in [0.25, 0.3) is 7.37 Å². The number of rotatable bonds is 6. The maximum atomic E-state index is 13.7. The van der Waals surface area contributed by atoms with Crippen molar-refractivity contribution in [2.75, 3.05) is 0 Å². The maximum Gasteiger partial charge on any atom is 0.278 e. The van der Waals surface area contributed by atoms with Gasteiger partial charge in [-0.3, -0.25) is 24.5 Å². The predicted octanol–water partition coefficient (Wildman–Crippen LogP) is 6.90. The van der Waals surface area contributed by atoms with Crippen molar-refractivity contribution >= 4 is 39.3 Å². The van der Waals surface area contributed by atoms with Crippen LogP contribution in [-0.4, -0.2) is 24.8 Å². The molecule has 9 heteroatoms. The summed E-state index contributed by atoms with van der Waals surface area (Å²) < 4.78 is 14.6. The topological polar surface area (TPSA) is 88.9 Å². The third-order valence-electron chi connectivity index (χ3n) is 6.23. The van der Waals surface area contributed by atoms with Gasteiger partial charge in [-0.15, -0.1) is 22.7 Å². The van der Waals surface area contributed by atoms with Crippen LogP contribution in [0.5, 0.6) is 0 Å². The van der Waals surface area contributed by atoms with Crippen LogP contribution >= 0.6 is 30.0 Å². The van der Waals surface area contributed by atoms with Gasteiger partial charge in [0.1, 0.15) is 0 Å². The number of nitrogens with zero attached hydrogens (tertiary/aromatic N) is 4. The fourth-order valence-electron chi connectivity index (χ4n) is 4.20. The molecule has 0 radical (unpaired) electrons. The molecule has 0 spiro atoms. The molecule has 192 valence electrons. The highest BCUT2D eigenvalue weighted by atomic mass is 32.1. The molecule has 0 fully saturated rings. The zero-order valence-electron chi connectivity index (χ0n) is 21.1. The molecule has 0 aliphatic rings. The normalized spacial score (nSPS) is 11.6. The Morgan fingerprint density at radius 2 is 0.949 bits per heavy atom. The first kappa shape index (κ1) is 25.5. The number of aromatic nitrogens is 4. The lowest BCUT2D eigenvalue weighted by molar-refractivity contribution is 0.502. The lowest BCUT2D eigenvalue weighted by atomic mass is 10.1. The summed E-state index contributed by atoms with van der Waals surface area (Å²) in [6, 6.07) is 22.9. The van der Waals surface area contributed by atoms with Gasteiger partial charge in [-0.1, -0.05) is 0 Å². The Labute approximate surface area is 234 Å². The van der Waals surface area contributed by atoms with Crippen LogP contribution in [0.25, 0.3) is 43.7 Å². The standard InChI is InChI=1S/C30H23N4O2PS2/c1-19-7-11-31-23(15-19)25-17-21(9-13-33-25)27-3-5-29(38-27)37(35,36)30-6-4-28(39-30)22-10-14-34-26(18-22)24-16-20(2)8-12-32-24/h3-18H,1-2H3,(H,35,36). The lowest BCUT2D eigenvalue weighted by Gasteiger charge is -2.07. The zero-order valence-corrected chi connectivity index (χ0v) is 23.7. The highest BCUT2D eigenvalue weighted by Gasteiger charge is 2.29. The smallest absolute Gasteiger partial charge is 0.278 e. The monoisotopic (exact) mass is 566 g/mol. The molecule has 0 atom stereocenters. The molecule has 0 saturated heterocycles. The van der Waals surface area contributed by atoms with Crippen LogP contribution in [-0.2, 0) is 4.57 Å². The average Bonchev–Trinajstić information content (AvgIpc) is 3.65. The van der Waals surface area contributed by atoms with Crippen molar-refractivity contribution in [2.45, 2.75) is 13.8 Å². The second-order valence-corrected chi connectivity index (χ2v) is 14.0. The highest BCUT2D eigenvalue weighted by molar-refractivity contribution is 7.82. The SMILES string of the molecule is Cc1ccnc(-c2cc(-c3ccc(P(=O)(O)c4ccc(-c5ccnc(-c6cc(C)ccn6)c5)s4)s3)ccn2)c1. The van der Waals surface area contributed by atoms with Crippen molar-refractivity contribution in [3.05, 3.63) is 109 Å².